The lowest BCUT2D eigenvalue weighted by atomic mass is 9.85. The molecule has 1 atom stereocenters. The van der Waals surface area contributed by atoms with Crippen LogP contribution in [0.2, 0.25) is 0 Å². The van der Waals surface area contributed by atoms with Crippen LogP contribution in [0.1, 0.15) is 44.2 Å². The molecule has 2 rings (SSSR count). The van der Waals surface area contributed by atoms with E-state index in [9.17, 15) is 15.0 Å². The van der Waals surface area contributed by atoms with E-state index in [1.165, 1.54) is 0 Å². The molecule has 1 unspecified atom stereocenters. The fourth-order valence-electron chi connectivity index (χ4n) is 2.93. The van der Waals surface area contributed by atoms with Crippen molar-refractivity contribution in [3.63, 3.8) is 0 Å². The number of hydrogen-bond acceptors (Lipinski definition) is 4. The number of rotatable bonds is 4. The fourth-order valence-corrected chi connectivity index (χ4v) is 2.93. The Balaban J connectivity index is 1.96. The Morgan fingerprint density at radius 3 is 2.25 bits per heavy atom. The molecular weight excluding hydrogens is 258 g/mol. The highest BCUT2D eigenvalue weighted by Gasteiger charge is 2.27. The number of carbonyl (C=O) groups is 1. The van der Waals surface area contributed by atoms with E-state index in [0.717, 1.165) is 12.8 Å². The first-order chi connectivity index (χ1) is 9.49. The molecule has 4 N–H and O–H groups in total. The molecule has 5 nitrogen and oxygen atoms in total. The maximum atomic E-state index is 10.9. The second kappa shape index (κ2) is 6.13. The summed E-state index contributed by atoms with van der Waals surface area (Å²) in [6.07, 6.45) is 2.95. The molecule has 0 amide bonds. The third-order valence-electron chi connectivity index (χ3n) is 4.06. The predicted molar refractivity (Wildman–Crippen MR) is 74.7 cm³/mol. The summed E-state index contributed by atoms with van der Waals surface area (Å²) in [4.78, 5) is 10.9. The molecule has 20 heavy (non-hydrogen) atoms. The van der Waals surface area contributed by atoms with Crippen LogP contribution in [0.3, 0.4) is 0 Å². The van der Waals surface area contributed by atoms with Gasteiger partial charge in [-0.15, -0.1) is 0 Å². The molecule has 1 aliphatic rings. The number of benzene rings is 1. The molecule has 0 bridgehead atoms. The zero-order valence-corrected chi connectivity index (χ0v) is 11.5. The first kappa shape index (κ1) is 14.7. The summed E-state index contributed by atoms with van der Waals surface area (Å²) >= 11 is 0. The SMILES string of the molecule is CC(NC1CCC(C(=O)O)CC1)c1c(O)cccc1O. The molecule has 0 aliphatic heterocycles. The van der Waals surface area contributed by atoms with Crippen LogP contribution in [0.25, 0.3) is 0 Å². The van der Waals surface area contributed by atoms with Gasteiger partial charge in [-0.05, 0) is 44.7 Å². The van der Waals surface area contributed by atoms with Crippen molar-refractivity contribution < 1.29 is 20.1 Å². The number of carboxylic acid groups (broad SMARTS) is 1. The van der Waals surface area contributed by atoms with Crippen molar-refractivity contribution in [2.24, 2.45) is 5.92 Å². The maximum absolute atomic E-state index is 10.9. The standard InChI is InChI=1S/C15H21NO4/c1-9(14-12(17)3-2-4-13(14)18)16-11-7-5-10(6-8-11)15(19)20/h2-4,9-11,16-18H,5-8H2,1H3,(H,19,20). The molecule has 110 valence electrons. The van der Waals surface area contributed by atoms with E-state index in [1.54, 1.807) is 18.2 Å². The average molecular weight is 279 g/mol. The van der Waals surface area contributed by atoms with E-state index < -0.39 is 5.97 Å². The second-order valence-corrected chi connectivity index (χ2v) is 5.49. The van der Waals surface area contributed by atoms with Crippen molar-refractivity contribution in [3.8, 4) is 11.5 Å². The molecule has 1 fully saturated rings. The number of phenols is 2. The van der Waals surface area contributed by atoms with Gasteiger partial charge in [0.1, 0.15) is 11.5 Å². The molecule has 0 radical (unpaired) electrons. The van der Waals surface area contributed by atoms with Gasteiger partial charge in [0.25, 0.3) is 0 Å². The Bertz CT molecular complexity index is 461. The van der Waals surface area contributed by atoms with Gasteiger partial charge in [-0.25, -0.2) is 0 Å². The van der Waals surface area contributed by atoms with Gasteiger partial charge in [0.05, 0.1) is 11.5 Å². The van der Waals surface area contributed by atoms with Gasteiger partial charge >= 0.3 is 5.97 Å². The zero-order valence-electron chi connectivity index (χ0n) is 11.5. The Labute approximate surface area is 118 Å². The molecule has 0 saturated heterocycles. The summed E-state index contributed by atoms with van der Waals surface area (Å²) in [6.45, 7) is 1.89. The molecule has 1 aliphatic carbocycles. The summed E-state index contributed by atoms with van der Waals surface area (Å²) in [5.74, 6) is -0.801. The lowest BCUT2D eigenvalue weighted by Crippen LogP contribution is -2.36. The lowest BCUT2D eigenvalue weighted by molar-refractivity contribution is -0.142. The Hall–Kier alpha value is -1.75. The fraction of sp³-hybridized carbons (Fsp3) is 0.533. The van der Waals surface area contributed by atoms with E-state index in [4.69, 9.17) is 5.11 Å². The Kier molecular flexibility index (Phi) is 4.49. The quantitative estimate of drug-likeness (QED) is 0.679. The predicted octanol–water partition coefficient (Wildman–Crippen LogP) is 2.39. The van der Waals surface area contributed by atoms with Crippen molar-refractivity contribution in [2.45, 2.75) is 44.7 Å². The van der Waals surface area contributed by atoms with Gasteiger partial charge in [-0.1, -0.05) is 6.07 Å². The zero-order chi connectivity index (χ0) is 14.7. The number of carboxylic acids is 1. The highest BCUT2D eigenvalue weighted by atomic mass is 16.4. The van der Waals surface area contributed by atoms with Gasteiger partial charge in [0, 0.05) is 12.1 Å². The number of nitrogens with one attached hydrogen (secondary N) is 1. The van der Waals surface area contributed by atoms with E-state index in [2.05, 4.69) is 5.32 Å². The molecule has 1 aromatic rings. The van der Waals surface area contributed by atoms with Gasteiger partial charge in [0.15, 0.2) is 0 Å². The summed E-state index contributed by atoms with van der Waals surface area (Å²) in [5.41, 5.74) is 0.493. The minimum Gasteiger partial charge on any atom is -0.507 e. The molecule has 0 spiro atoms. The Morgan fingerprint density at radius 2 is 1.75 bits per heavy atom. The largest absolute Gasteiger partial charge is 0.507 e. The summed E-state index contributed by atoms with van der Waals surface area (Å²) in [6, 6.07) is 4.74. The topological polar surface area (TPSA) is 89.8 Å². The van der Waals surface area contributed by atoms with E-state index in [-0.39, 0.29) is 29.5 Å². The number of phenolic OH excluding ortho intramolecular Hbond substituents is 2. The minimum atomic E-state index is -0.713. The van der Waals surface area contributed by atoms with E-state index in [0.29, 0.717) is 18.4 Å². The molecule has 1 saturated carbocycles. The first-order valence-corrected chi connectivity index (χ1v) is 6.98. The average Bonchev–Trinajstić information content (AvgIpc) is 2.39. The first-order valence-electron chi connectivity index (χ1n) is 6.98. The van der Waals surface area contributed by atoms with Crippen molar-refractivity contribution in [3.05, 3.63) is 23.8 Å². The van der Waals surface area contributed by atoms with Crippen LogP contribution in [0, 0.1) is 5.92 Å². The molecule has 0 heterocycles. The molecular formula is C15H21NO4. The van der Waals surface area contributed by atoms with Gasteiger partial charge in [-0.3, -0.25) is 4.79 Å². The third kappa shape index (κ3) is 3.22. The monoisotopic (exact) mass is 279 g/mol. The minimum absolute atomic E-state index is 0.0734. The van der Waals surface area contributed by atoms with Crippen LogP contribution in [0.5, 0.6) is 11.5 Å². The van der Waals surface area contributed by atoms with Crippen molar-refractivity contribution in [1.82, 2.24) is 5.32 Å². The Morgan fingerprint density at radius 1 is 1.20 bits per heavy atom. The van der Waals surface area contributed by atoms with Gasteiger partial charge in [0.2, 0.25) is 0 Å². The summed E-state index contributed by atoms with van der Waals surface area (Å²) in [5, 5.41) is 32.0. The summed E-state index contributed by atoms with van der Waals surface area (Å²) in [7, 11) is 0. The maximum Gasteiger partial charge on any atom is 0.306 e. The van der Waals surface area contributed by atoms with Crippen molar-refractivity contribution >= 4 is 5.97 Å². The van der Waals surface area contributed by atoms with Crippen LogP contribution < -0.4 is 5.32 Å². The molecule has 1 aromatic carbocycles. The highest BCUT2D eigenvalue weighted by molar-refractivity contribution is 5.70. The van der Waals surface area contributed by atoms with Crippen LogP contribution in [0.4, 0.5) is 0 Å². The van der Waals surface area contributed by atoms with Gasteiger partial charge < -0.3 is 20.6 Å². The number of aliphatic carboxylic acids is 1. The van der Waals surface area contributed by atoms with E-state index in [1.807, 2.05) is 6.92 Å². The number of aromatic hydroxyl groups is 2. The number of hydrogen-bond donors (Lipinski definition) is 4. The molecule has 5 heteroatoms. The van der Waals surface area contributed by atoms with Crippen LogP contribution >= 0.6 is 0 Å². The van der Waals surface area contributed by atoms with Crippen molar-refractivity contribution in [2.75, 3.05) is 0 Å². The van der Waals surface area contributed by atoms with E-state index >= 15 is 0 Å². The van der Waals surface area contributed by atoms with Crippen LogP contribution in [-0.2, 0) is 4.79 Å². The second-order valence-electron chi connectivity index (χ2n) is 5.49. The van der Waals surface area contributed by atoms with Crippen LogP contribution in [-0.4, -0.2) is 27.3 Å². The normalized spacial score (nSPS) is 24.2. The van der Waals surface area contributed by atoms with Crippen molar-refractivity contribution in [1.29, 1.82) is 0 Å². The van der Waals surface area contributed by atoms with Crippen LogP contribution in [0.15, 0.2) is 18.2 Å². The third-order valence-corrected chi connectivity index (χ3v) is 4.06. The highest BCUT2D eigenvalue weighted by Crippen LogP contribution is 2.34. The smallest absolute Gasteiger partial charge is 0.306 e. The lowest BCUT2D eigenvalue weighted by Gasteiger charge is -2.30. The summed E-state index contributed by atoms with van der Waals surface area (Å²) < 4.78 is 0. The van der Waals surface area contributed by atoms with Gasteiger partial charge in [-0.2, -0.15) is 0 Å². The molecule has 0 aromatic heterocycles.